The molecular weight excluding hydrogens is 548 g/mol. The molecular formula is C25H25Cl2F3N4O4. The Balaban J connectivity index is 1.81. The second-order valence-corrected chi connectivity index (χ2v) is 9.75. The average molecular weight is 573 g/mol. The van der Waals surface area contributed by atoms with Crippen molar-refractivity contribution < 1.29 is 23.0 Å². The molecule has 2 heterocycles. The highest BCUT2D eigenvalue weighted by Gasteiger charge is 2.39. The van der Waals surface area contributed by atoms with E-state index in [2.05, 4.69) is 4.74 Å². The summed E-state index contributed by atoms with van der Waals surface area (Å²) in [6.45, 7) is 0.0997. The molecule has 1 aromatic heterocycles. The van der Waals surface area contributed by atoms with Crippen LogP contribution in [-0.4, -0.2) is 40.4 Å². The predicted molar refractivity (Wildman–Crippen MR) is 139 cm³/mol. The highest BCUT2D eigenvalue weighted by molar-refractivity contribution is 6.32. The van der Waals surface area contributed by atoms with Crippen LogP contribution in [0.4, 0.5) is 24.7 Å². The lowest BCUT2D eigenvalue weighted by Crippen LogP contribution is -2.44. The first-order valence-electron chi connectivity index (χ1n) is 11.6. The van der Waals surface area contributed by atoms with Crippen LogP contribution < -0.4 is 25.8 Å². The Labute approximate surface area is 226 Å². The number of hydrogen-bond acceptors (Lipinski definition) is 6. The van der Waals surface area contributed by atoms with Gasteiger partial charge in [-0.25, -0.2) is 4.79 Å². The molecule has 8 nitrogen and oxygen atoms in total. The lowest BCUT2D eigenvalue weighted by molar-refractivity contribution is -0.274. The monoisotopic (exact) mass is 572 g/mol. The summed E-state index contributed by atoms with van der Waals surface area (Å²) in [4.78, 5) is 30.2. The Bertz CT molecular complexity index is 1440. The Morgan fingerprint density at radius 2 is 1.68 bits per heavy atom. The molecule has 4 rings (SSSR count). The summed E-state index contributed by atoms with van der Waals surface area (Å²) in [6, 6.07) is 11.2. The van der Waals surface area contributed by atoms with Gasteiger partial charge in [-0.3, -0.25) is 13.9 Å². The molecule has 38 heavy (non-hydrogen) atoms. The van der Waals surface area contributed by atoms with Gasteiger partial charge in [0.2, 0.25) is 0 Å². The quantitative estimate of drug-likeness (QED) is 0.436. The number of rotatable bonds is 8. The van der Waals surface area contributed by atoms with Gasteiger partial charge in [0.05, 0.1) is 5.02 Å². The maximum Gasteiger partial charge on any atom is 0.573 e. The van der Waals surface area contributed by atoms with Gasteiger partial charge in [-0.2, -0.15) is 0 Å². The number of likely N-dealkylation sites (N-methyl/N-ethyl adjacent to an activating group) is 1. The van der Waals surface area contributed by atoms with Gasteiger partial charge >= 0.3 is 12.1 Å². The summed E-state index contributed by atoms with van der Waals surface area (Å²) in [5.74, 6) is -0.155. The van der Waals surface area contributed by atoms with Crippen molar-refractivity contribution in [2.45, 2.75) is 38.5 Å². The fourth-order valence-corrected chi connectivity index (χ4v) is 4.91. The molecule has 0 saturated carbocycles. The molecule has 13 heteroatoms. The third-order valence-electron chi connectivity index (χ3n) is 6.37. The van der Waals surface area contributed by atoms with Crippen LogP contribution in [-0.2, 0) is 26.6 Å². The highest BCUT2D eigenvalue weighted by atomic mass is 35.5. The Hall–Kier alpha value is -3.15. The molecule has 0 fully saturated rings. The van der Waals surface area contributed by atoms with Crippen molar-refractivity contribution >= 4 is 34.7 Å². The molecule has 0 amide bonds. The van der Waals surface area contributed by atoms with Gasteiger partial charge in [-0.05, 0) is 41.8 Å². The molecule has 1 N–H and O–H groups in total. The van der Waals surface area contributed by atoms with Crippen molar-refractivity contribution in [2.75, 3.05) is 23.5 Å². The van der Waals surface area contributed by atoms with Crippen molar-refractivity contribution in [1.29, 1.82) is 0 Å². The minimum Gasteiger partial charge on any atom is -0.404 e. The van der Waals surface area contributed by atoms with Crippen LogP contribution in [0.25, 0.3) is 0 Å². The first-order valence-corrected chi connectivity index (χ1v) is 12.4. The van der Waals surface area contributed by atoms with Crippen LogP contribution in [0.2, 0.25) is 10.0 Å². The largest absolute Gasteiger partial charge is 0.573 e. The van der Waals surface area contributed by atoms with Gasteiger partial charge in [0.25, 0.3) is 5.56 Å². The van der Waals surface area contributed by atoms with E-state index in [0.29, 0.717) is 16.4 Å². The standard InChI is InChI=1S/C25H25Cl2F3N4O4/c1-31-20(13-16-6-9-18(27)19(12-16)38-25(28,29)30)34(14-15-4-7-17(26)8-5-15)21-22(31)32(2)24(37)33(23(21)36)10-3-11-35/h4-9,12,20,35H,3,10-11,13-14H2,1-2H3. The zero-order chi connectivity index (χ0) is 27.8. The third-order valence-corrected chi connectivity index (χ3v) is 6.93. The zero-order valence-electron chi connectivity index (χ0n) is 20.5. The van der Waals surface area contributed by atoms with E-state index in [1.165, 1.54) is 16.7 Å². The number of alkyl halides is 3. The summed E-state index contributed by atoms with van der Waals surface area (Å²) >= 11 is 12.0. The van der Waals surface area contributed by atoms with Gasteiger partial charge in [0.15, 0.2) is 0 Å². The molecule has 1 atom stereocenters. The maximum atomic E-state index is 13.6. The number of halogens is 5. The fraction of sp³-hybridized carbons (Fsp3) is 0.360. The van der Waals surface area contributed by atoms with E-state index in [1.807, 2.05) is 4.90 Å². The van der Waals surface area contributed by atoms with Gasteiger partial charge < -0.3 is 19.6 Å². The molecule has 1 unspecified atom stereocenters. The van der Waals surface area contributed by atoms with Gasteiger partial charge in [-0.15, -0.1) is 13.2 Å². The molecule has 204 valence electrons. The summed E-state index contributed by atoms with van der Waals surface area (Å²) in [5, 5.41) is 9.60. The highest BCUT2D eigenvalue weighted by Crippen LogP contribution is 2.38. The predicted octanol–water partition coefficient (Wildman–Crippen LogP) is 4.16. The Morgan fingerprint density at radius 1 is 1.03 bits per heavy atom. The molecule has 2 aromatic carbocycles. The number of aromatic nitrogens is 2. The molecule has 0 aliphatic carbocycles. The topological polar surface area (TPSA) is 79.9 Å². The second kappa shape index (κ2) is 10.9. The lowest BCUT2D eigenvalue weighted by Gasteiger charge is -2.31. The molecule has 0 saturated heterocycles. The van der Waals surface area contributed by atoms with Crippen LogP contribution in [0.15, 0.2) is 52.1 Å². The van der Waals surface area contributed by atoms with Crippen LogP contribution in [0.1, 0.15) is 17.5 Å². The number of anilines is 2. The van der Waals surface area contributed by atoms with Crippen molar-refractivity contribution in [3.8, 4) is 5.75 Å². The first kappa shape index (κ1) is 27.9. The normalized spacial score (nSPS) is 15.2. The van der Waals surface area contributed by atoms with Crippen LogP contribution in [0.5, 0.6) is 5.75 Å². The second-order valence-electron chi connectivity index (χ2n) is 8.91. The van der Waals surface area contributed by atoms with Crippen LogP contribution in [0.3, 0.4) is 0 Å². The van der Waals surface area contributed by atoms with Gasteiger partial charge in [0, 0.05) is 45.2 Å². The number of ether oxygens (including phenoxy) is 1. The number of aliphatic hydroxyl groups excluding tert-OH is 1. The first-order chi connectivity index (χ1) is 17.9. The van der Waals surface area contributed by atoms with Crippen molar-refractivity contribution in [2.24, 2.45) is 7.05 Å². The Morgan fingerprint density at radius 3 is 2.32 bits per heavy atom. The number of benzene rings is 2. The van der Waals surface area contributed by atoms with E-state index in [0.717, 1.165) is 10.1 Å². The van der Waals surface area contributed by atoms with E-state index in [1.54, 1.807) is 49.3 Å². The summed E-state index contributed by atoms with van der Waals surface area (Å²) in [5.41, 5.74) is 0.525. The average Bonchev–Trinajstić information content (AvgIpc) is 3.11. The van der Waals surface area contributed by atoms with E-state index in [-0.39, 0.29) is 43.2 Å². The van der Waals surface area contributed by atoms with Crippen LogP contribution >= 0.6 is 23.2 Å². The molecule has 1 aliphatic rings. The van der Waals surface area contributed by atoms with E-state index in [9.17, 15) is 27.9 Å². The molecule has 0 spiro atoms. The zero-order valence-corrected chi connectivity index (χ0v) is 22.0. The summed E-state index contributed by atoms with van der Waals surface area (Å²) < 4.78 is 45.2. The number of fused-ring (bicyclic) bond motifs is 1. The SMILES string of the molecule is CN1c2c(c(=O)n(CCCO)c(=O)n2C)N(Cc2ccc(Cl)cc2)C1Cc1ccc(Cl)c(OC(F)(F)F)c1. The third kappa shape index (κ3) is 5.64. The van der Waals surface area contributed by atoms with Gasteiger partial charge in [-0.1, -0.05) is 41.4 Å². The summed E-state index contributed by atoms with van der Waals surface area (Å²) in [7, 11) is 3.26. The maximum absolute atomic E-state index is 13.6. The van der Waals surface area contributed by atoms with E-state index >= 15 is 0 Å². The molecule has 3 aromatic rings. The number of aliphatic hydroxyl groups is 1. The number of nitrogens with zero attached hydrogens (tertiary/aromatic N) is 4. The smallest absolute Gasteiger partial charge is 0.404 e. The van der Waals surface area contributed by atoms with Gasteiger partial charge in [0.1, 0.15) is 23.4 Å². The summed E-state index contributed by atoms with van der Waals surface area (Å²) in [6.07, 6.45) is -5.07. The molecule has 0 radical (unpaired) electrons. The minimum atomic E-state index is -4.92. The van der Waals surface area contributed by atoms with Crippen molar-refractivity contribution in [1.82, 2.24) is 9.13 Å². The van der Waals surface area contributed by atoms with Crippen molar-refractivity contribution in [3.05, 3.63) is 84.5 Å². The molecule has 0 bridgehead atoms. The minimum absolute atomic E-state index is 0.0355. The molecule has 1 aliphatic heterocycles. The lowest BCUT2D eigenvalue weighted by atomic mass is 10.1. The van der Waals surface area contributed by atoms with Crippen LogP contribution in [0, 0.1) is 0 Å². The van der Waals surface area contributed by atoms with Crippen molar-refractivity contribution in [3.63, 3.8) is 0 Å². The van der Waals surface area contributed by atoms with E-state index in [4.69, 9.17) is 23.2 Å². The number of hydrogen-bond donors (Lipinski definition) is 1. The Kier molecular flexibility index (Phi) is 8.01. The fourth-order valence-electron chi connectivity index (χ4n) is 4.63. The van der Waals surface area contributed by atoms with E-state index < -0.39 is 29.5 Å².